The van der Waals surface area contributed by atoms with Crippen LogP contribution in [0.2, 0.25) is 0 Å². The minimum absolute atomic E-state index is 0.0902. The van der Waals surface area contributed by atoms with Gasteiger partial charge in [0.1, 0.15) is 24.3 Å². The molecule has 0 aliphatic heterocycles. The molecule has 1 aromatic carbocycles. The number of nitrogens with one attached hydrogen (secondary N) is 2. The average molecular weight is 380 g/mol. The molecule has 8 heteroatoms. The Hall–Kier alpha value is -2.19. The number of aliphatic hydroxyl groups is 1. The van der Waals surface area contributed by atoms with Crippen molar-refractivity contribution in [3.8, 4) is 5.75 Å². The summed E-state index contributed by atoms with van der Waals surface area (Å²) in [6.07, 6.45) is 1.94. The Bertz CT molecular complexity index is 691. The molecule has 0 saturated heterocycles. The van der Waals surface area contributed by atoms with Gasteiger partial charge in [-0.25, -0.2) is 9.37 Å². The van der Waals surface area contributed by atoms with Gasteiger partial charge in [-0.2, -0.15) is 0 Å². The van der Waals surface area contributed by atoms with E-state index in [0.717, 1.165) is 18.0 Å². The minimum Gasteiger partial charge on any atom is -0.491 e. The third kappa shape index (κ3) is 7.37. The first-order valence-electron chi connectivity index (χ1n) is 8.56. The molecule has 1 aromatic heterocycles. The maximum atomic E-state index is 12.8. The van der Waals surface area contributed by atoms with Crippen LogP contribution in [0, 0.1) is 12.7 Å². The van der Waals surface area contributed by atoms with Crippen molar-refractivity contribution in [2.45, 2.75) is 26.4 Å². The lowest BCUT2D eigenvalue weighted by molar-refractivity contribution is 0.114. The Morgan fingerprint density at radius 2 is 2.12 bits per heavy atom. The van der Waals surface area contributed by atoms with Crippen molar-refractivity contribution in [2.24, 2.45) is 4.99 Å². The highest BCUT2D eigenvalue weighted by molar-refractivity contribution is 7.11. The fraction of sp³-hybridized carbons (Fsp3) is 0.444. The molecule has 1 unspecified atom stereocenters. The van der Waals surface area contributed by atoms with Crippen LogP contribution in [-0.4, -0.2) is 48.4 Å². The summed E-state index contributed by atoms with van der Waals surface area (Å²) in [7, 11) is 0. The number of aliphatic hydroxyl groups excluding tert-OH is 1. The second kappa shape index (κ2) is 10.7. The molecule has 0 radical (unpaired) electrons. The van der Waals surface area contributed by atoms with Crippen LogP contribution < -0.4 is 15.4 Å². The topological polar surface area (TPSA) is 78.8 Å². The number of aliphatic imine (C=N–C) groups is 1. The molecule has 2 aromatic rings. The SMILES string of the molecule is CCNC(=NCC(O)COc1ccc(F)cc1)NCCc1ncc(C)s1. The van der Waals surface area contributed by atoms with Gasteiger partial charge in [0, 0.05) is 30.6 Å². The molecule has 1 atom stereocenters. The molecule has 142 valence electrons. The van der Waals surface area contributed by atoms with Crippen LogP contribution >= 0.6 is 11.3 Å². The Kier molecular flexibility index (Phi) is 8.30. The van der Waals surface area contributed by atoms with E-state index in [4.69, 9.17) is 4.74 Å². The van der Waals surface area contributed by atoms with Gasteiger partial charge >= 0.3 is 0 Å². The fourth-order valence-corrected chi connectivity index (χ4v) is 2.91. The van der Waals surface area contributed by atoms with E-state index in [1.165, 1.54) is 29.1 Å². The summed E-state index contributed by atoms with van der Waals surface area (Å²) in [5.74, 6) is 0.830. The van der Waals surface area contributed by atoms with Crippen LogP contribution in [0.4, 0.5) is 4.39 Å². The molecule has 3 N–H and O–H groups in total. The number of thiazole rings is 1. The van der Waals surface area contributed by atoms with E-state index >= 15 is 0 Å². The van der Waals surface area contributed by atoms with E-state index in [1.54, 1.807) is 11.3 Å². The van der Waals surface area contributed by atoms with Gasteiger partial charge in [-0.3, -0.25) is 4.99 Å². The van der Waals surface area contributed by atoms with Gasteiger partial charge < -0.3 is 20.5 Å². The smallest absolute Gasteiger partial charge is 0.191 e. The van der Waals surface area contributed by atoms with Crippen LogP contribution in [0.1, 0.15) is 16.8 Å². The second-order valence-corrected chi connectivity index (χ2v) is 7.00. The first-order chi connectivity index (χ1) is 12.6. The lowest BCUT2D eigenvalue weighted by Gasteiger charge is -2.13. The third-order valence-corrected chi connectivity index (χ3v) is 4.33. The number of halogens is 1. The number of aryl methyl sites for hydroxylation is 1. The minimum atomic E-state index is -0.753. The average Bonchev–Trinajstić information content (AvgIpc) is 3.04. The van der Waals surface area contributed by atoms with Gasteiger partial charge in [0.15, 0.2) is 5.96 Å². The van der Waals surface area contributed by atoms with Crippen LogP contribution in [0.3, 0.4) is 0 Å². The number of hydrogen-bond donors (Lipinski definition) is 3. The summed E-state index contributed by atoms with van der Waals surface area (Å²) in [6, 6.07) is 5.68. The van der Waals surface area contributed by atoms with Crippen molar-refractivity contribution in [1.29, 1.82) is 0 Å². The molecule has 0 aliphatic carbocycles. The van der Waals surface area contributed by atoms with Gasteiger partial charge in [-0.15, -0.1) is 11.3 Å². The summed E-state index contributed by atoms with van der Waals surface area (Å²) in [5, 5.41) is 17.5. The second-order valence-electron chi connectivity index (χ2n) is 5.68. The molecule has 0 spiro atoms. The molecular formula is C18H25FN4O2S. The molecular weight excluding hydrogens is 355 g/mol. The van der Waals surface area contributed by atoms with Crippen LogP contribution in [-0.2, 0) is 6.42 Å². The highest BCUT2D eigenvalue weighted by atomic mass is 32.1. The van der Waals surface area contributed by atoms with Crippen molar-refractivity contribution >= 4 is 17.3 Å². The number of nitrogens with zero attached hydrogens (tertiary/aromatic N) is 2. The number of aromatic nitrogens is 1. The highest BCUT2D eigenvalue weighted by Crippen LogP contribution is 2.12. The van der Waals surface area contributed by atoms with Gasteiger partial charge in [0.05, 0.1) is 11.6 Å². The number of rotatable bonds is 9. The summed E-state index contributed by atoms with van der Waals surface area (Å²) >= 11 is 1.68. The monoisotopic (exact) mass is 380 g/mol. The number of guanidine groups is 1. The predicted octanol–water partition coefficient (Wildman–Crippen LogP) is 2.13. The molecule has 0 saturated carbocycles. The molecule has 1 heterocycles. The Labute approximate surface area is 157 Å². The zero-order valence-electron chi connectivity index (χ0n) is 15.0. The lowest BCUT2D eigenvalue weighted by Crippen LogP contribution is -2.39. The predicted molar refractivity (Wildman–Crippen MR) is 102 cm³/mol. The van der Waals surface area contributed by atoms with Crippen molar-refractivity contribution in [1.82, 2.24) is 15.6 Å². The summed E-state index contributed by atoms with van der Waals surface area (Å²) in [5.41, 5.74) is 0. The first-order valence-corrected chi connectivity index (χ1v) is 9.38. The zero-order valence-corrected chi connectivity index (χ0v) is 15.9. The van der Waals surface area contributed by atoms with E-state index in [-0.39, 0.29) is 19.0 Å². The summed E-state index contributed by atoms with van der Waals surface area (Å²) in [6.45, 7) is 5.75. The Balaban J connectivity index is 1.74. The maximum absolute atomic E-state index is 12.8. The molecule has 2 rings (SSSR count). The normalized spacial score (nSPS) is 12.7. The van der Waals surface area contributed by atoms with Crippen LogP contribution in [0.5, 0.6) is 5.75 Å². The van der Waals surface area contributed by atoms with E-state index in [1.807, 2.05) is 20.0 Å². The van der Waals surface area contributed by atoms with Crippen molar-refractivity contribution in [3.05, 3.63) is 46.2 Å². The lowest BCUT2D eigenvalue weighted by atomic mass is 10.3. The zero-order chi connectivity index (χ0) is 18.8. The summed E-state index contributed by atoms with van der Waals surface area (Å²) in [4.78, 5) is 9.89. The highest BCUT2D eigenvalue weighted by Gasteiger charge is 2.06. The van der Waals surface area contributed by atoms with Crippen molar-refractivity contribution in [2.75, 3.05) is 26.2 Å². The number of benzene rings is 1. The molecule has 0 amide bonds. The standard InChI is InChI=1S/C18H25FN4O2S/c1-3-20-18(21-9-8-17-22-10-13(2)26-17)23-11-15(24)12-25-16-6-4-14(19)5-7-16/h4-7,10,15,24H,3,8-9,11-12H2,1-2H3,(H2,20,21,23). The molecule has 26 heavy (non-hydrogen) atoms. The van der Waals surface area contributed by atoms with Crippen LogP contribution in [0.15, 0.2) is 35.5 Å². The largest absolute Gasteiger partial charge is 0.491 e. The fourth-order valence-electron chi connectivity index (χ4n) is 2.12. The molecule has 0 aliphatic rings. The van der Waals surface area contributed by atoms with Gasteiger partial charge in [0.25, 0.3) is 0 Å². The summed E-state index contributed by atoms with van der Waals surface area (Å²) < 4.78 is 18.3. The maximum Gasteiger partial charge on any atom is 0.191 e. The van der Waals surface area contributed by atoms with Gasteiger partial charge in [-0.05, 0) is 38.1 Å². The molecule has 0 fully saturated rings. The van der Waals surface area contributed by atoms with E-state index < -0.39 is 6.10 Å². The molecule has 0 bridgehead atoms. The van der Waals surface area contributed by atoms with Gasteiger partial charge in [0.2, 0.25) is 0 Å². The van der Waals surface area contributed by atoms with Gasteiger partial charge in [-0.1, -0.05) is 0 Å². The third-order valence-electron chi connectivity index (χ3n) is 3.36. The quantitative estimate of drug-likeness (QED) is 0.459. The Morgan fingerprint density at radius 1 is 1.35 bits per heavy atom. The van der Waals surface area contributed by atoms with E-state index in [0.29, 0.717) is 18.3 Å². The first kappa shape index (κ1) is 20.1. The van der Waals surface area contributed by atoms with E-state index in [2.05, 4.69) is 20.6 Å². The van der Waals surface area contributed by atoms with Crippen LogP contribution in [0.25, 0.3) is 0 Å². The van der Waals surface area contributed by atoms with E-state index in [9.17, 15) is 9.50 Å². The molecule has 6 nitrogen and oxygen atoms in total. The van der Waals surface area contributed by atoms with Crippen molar-refractivity contribution < 1.29 is 14.2 Å². The van der Waals surface area contributed by atoms with Crippen molar-refractivity contribution in [3.63, 3.8) is 0 Å². The Morgan fingerprint density at radius 3 is 2.77 bits per heavy atom. The number of ether oxygens (including phenoxy) is 1. The number of hydrogen-bond acceptors (Lipinski definition) is 5.